The van der Waals surface area contributed by atoms with Gasteiger partial charge in [0.25, 0.3) is 0 Å². The van der Waals surface area contributed by atoms with E-state index in [0.29, 0.717) is 11.4 Å². The number of hydrogen-bond donors (Lipinski definition) is 0. The van der Waals surface area contributed by atoms with E-state index in [1.165, 1.54) is 0 Å². The zero-order valence-corrected chi connectivity index (χ0v) is 8.39. The second-order valence-corrected chi connectivity index (χ2v) is 3.02. The molecule has 4 nitrogen and oxygen atoms in total. The summed E-state index contributed by atoms with van der Waals surface area (Å²) >= 11 is 0.277. The minimum absolute atomic E-state index is 0.139. The number of rotatable bonds is 2. The van der Waals surface area contributed by atoms with Gasteiger partial charge in [-0.1, -0.05) is 0 Å². The predicted molar refractivity (Wildman–Crippen MR) is 51.6 cm³/mol. The smallest absolute Gasteiger partial charge is 0.191 e. The Morgan fingerprint density at radius 3 is 1.85 bits per heavy atom. The number of aryl methyl sites for hydroxylation is 1. The molecule has 0 amide bonds. The van der Waals surface area contributed by atoms with E-state index in [2.05, 4.69) is 8.73 Å². The molecule has 0 heterocycles. The molecule has 13 heavy (non-hydrogen) atoms. The summed E-state index contributed by atoms with van der Waals surface area (Å²) in [4.78, 5) is 0. The first-order valence-electron chi connectivity index (χ1n) is 3.38. The molecule has 0 aromatic heterocycles. The first-order valence-corrected chi connectivity index (χ1v) is 4.77. The van der Waals surface area contributed by atoms with Gasteiger partial charge in [-0.2, -0.15) is 17.1 Å². The average Bonchev–Trinajstić information content (AvgIpc) is 2.04. The third kappa shape index (κ3) is 3.00. The molecule has 0 radical (unpaired) electrons. The largest absolute Gasteiger partial charge is 0.205 e. The first-order chi connectivity index (χ1) is 6.26. The molecule has 0 aliphatic rings. The average molecular weight is 214 g/mol. The molecule has 0 aliphatic carbocycles. The highest BCUT2D eigenvalue weighted by atomic mass is 32.1. The third-order valence-electron chi connectivity index (χ3n) is 1.33. The molecule has 0 fully saturated rings. The summed E-state index contributed by atoms with van der Waals surface area (Å²) in [6.45, 7) is 1.85. The fraction of sp³-hybridized carbons (Fsp3) is 0.143. The second-order valence-electron chi connectivity index (χ2n) is 2.36. The molecule has 68 valence electrons. The fourth-order valence-corrected chi connectivity index (χ4v) is 1.32. The maximum Gasteiger partial charge on any atom is 0.205 e. The van der Waals surface area contributed by atoms with E-state index < -0.39 is 0 Å². The summed E-state index contributed by atoms with van der Waals surface area (Å²) in [7, 11) is 0. The quantitative estimate of drug-likeness (QED) is 0.756. The summed E-state index contributed by atoms with van der Waals surface area (Å²) in [6.07, 6.45) is 0. The van der Waals surface area contributed by atoms with E-state index in [-0.39, 0.29) is 22.9 Å². The van der Waals surface area contributed by atoms with Crippen LogP contribution in [-0.2, 0) is 22.9 Å². The van der Waals surface area contributed by atoms with Crippen molar-refractivity contribution in [3.05, 3.63) is 23.8 Å². The Balaban J connectivity index is 3.25. The lowest BCUT2D eigenvalue weighted by Crippen LogP contribution is -1.71. The summed E-state index contributed by atoms with van der Waals surface area (Å²) in [5.41, 5.74) is 1.99. The van der Waals surface area contributed by atoms with E-state index in [0.717, 1.165) is 5.56 Å². The van der Waals surface area contributed by atoms with Crippen LogP contribution in [0.15, 0.2) is 26.9 Å². The maximum absolute atomic E-state index is 10.1. The van der Waals surface area contributed by atoms with Crippen molar-refractivity contribution in [2.45, 2.75) is 6.92 Å². The van der Waals surface area contributed by atoms with Gasteiger partial charge in [-0.05, 0) is 30.7 Å². The normalized spacial score (nSPS) is 9.00. The zero-order chi connectivity index (χ0) is 9.68. The Morgan fingerprint density at radius 2 is 1.46 bits per heavy atom. The van der Waals surface area contributed by atoms with E-state index in [4.69, 9.17) is 0 Å². The molecule has 0 N–H and O–H groups in total. The summed E-state index contributed by atoms with van der Waals surface area (Å²) in [5, 5.41) is 0. The van der Waals surface area contributed by atoms with Crippen LogP contribution in [0.3, 0.4) is 0 Å². The summed E-state index contributed by atoms with van der Waals surface area (Å²) in [6, 6.07) is 5.08. The van der Waals surface area contributed by atoms with Crippen LogP contribution in [0, 0.1) is 6.92 Å². The lowest BCUT2D eigenvalue weighted by molar-refractivity contribution is 0.697. The van der Waals surface area contributed by atoms with Crippen LogP contribution in [0.4, 0.5) is 11.4 Å². The standard InChI is InChI=1S/C7H6N2O2S2/c1-5-2-6(8-12-10)4-7(3-5)9-13-11/h2-4H,1H3. The van der Waals surface area contributed by atoms with Crippen LogP contribution < -0.4 is 0 Å². The van der Waals surface area contributed by atoms with Gasteiger partial charge < -0.3 is 0 Å². The van der Waals surface area contributed by atoms with Gasteiger partial charge in [0.15, 0.2) is 0 Å². The van der Waals surface area contributed by atoms with Gasteiger partial charge in [0.1, 0.15) is 0 Å². The molecule has 0 bridgehead atoms. The number of hydrogen-bond acceptors (Lipinski definition) is 4. The lowest BCUT2D eigenvalue weighted by Gasteiger charge is -1.95. The highest BCUT2D eigenvalue weighted by molar-refractivity contribution is 7.55. The van der Waals surface area contributed by atoms with Crippen molar-refractivity contribution in [1.29, 1.82) is 0 Å². The first kappa shape index (κ1) is 9.94. The Bertz CT molecular complexity index is 384. The Kier molecular flexibility index (Phi) is 3.66. The monoisotopic (exact) mass is 214 g/mol. The predicted octanol–water partition coefficient (Wildman–Crippen LogP) is 2.05. The van der Waals surface area contributed by atoms with Crippen molar-refractivity contribution < 1.29 is 8.42 Å². The maximum atomic E-state index is 10.1. The molecule has 0 spiro atoms. The Labute approximate surface area is 82.5 Å². The lowest BCUT2D eigenvalue weighted by atomic mass is 10.2. The minimum Gasteiger partial charge on any atom is -0.191 e. The third-order valence-corrected chi connectivity index (χ3v) is 1.90. The molecular weight excluding hydrogens is 208 g/mol. The van der Waals surface area contributed by atoms with Crippen molar-refractivity contribution in [2.75, 3.05) is 0 Å². The Hall–Kier alpha value is -1.14. The molecule has 0 atom stereocenters. The van der Waals surface area contributed by atoms with Crippen molar-refractivity contribution in [3.63, 3.8) is 0 Å². The molecule has 1 aromatic carbocycles. The molecule has 6 heteroatoms. The van der Waals surface area contributed by atoms with E-state index >= 15 is 0 Å². The Morgan fingerprint density at radius 1 is 1.00 bits per heavy atom. The SMILES string of the molecule is Cc1cc(N=S=O)cc(N=S=O)c1. The number of nitrogens with zero attached hydrogens (tertiary/aromatic N) is 2. The van der Waals surface area contributed by atoms with Crippen molar-refractivity contribution in [3.8, 4) is 0 Å². The molecule has 0 unspecified atom stereocenters. The molecule has 0 aliphatic heterocycles. The molecule has 1 aromatic rings. The highest BCUT2D eigenvalue weighted by Crippen LogP contribution is 2.22. The van der Waals surface area contributed by atoms with Gasteiger partial charge in [-0.25, -0.2) is 0 Å². The minimum atomic E-state index is 0.139. The van der Waals surface area contributed by atoms with E-state index in [1.54, 1.807) is 18.2 Å². The van der Waals surface area contributed by atoms with Crippen LogP contribution >= 0.6 is 0 Å². The van der Waals surface area contributed by atoms with Crippen molar-refractivity contribution >= 4 is 34.3 Å². The molecule has 0 saturated heterocycles. The molecule has 1 rings (SSSR count). The van der Waals surface area contributed by atoms with Gasteiger partial charge in [-0.3, -0.25) is 0 Å². The summed E-state index contributed by atoms with van der Waals surface area (Å²) in [5.74, 6) is 0. The van der Waals surface area contributed by atoms with Crippen LogP contribution in [0.5, 0.6) is 0 Å². The molecule has 0 saturated carbocycles. The van der Waals surface area contributed by atoms with E-state index in [1.807, 2.05) is 6.92 Å². The van der Waals surface area contributed by atoms with Gasteiger partial charge >= 0.3 is 0 Å². The zero-order valence-electron chi connectivity index (χ0n) is 6.76. The number of benzene rings is 1. The second kappa shape index (κ2) is 4.78. The van der Waals surface area contributed by atoms with Crippen LogP contribution in [-0.4, -0.2) is 8.42 Å². The van der Waals surface area contributed by atoms with Crippen LogP contribution in [0.25, 0.3) is 0 Å². The van der Waals surface area contributed by atoms with Gasteiger partial charge in [0.2, 0.25) is 22.9 Å². The fourth-order valence-electron chi connectivity index (χ4n) is 0.935. The summed E-state index contributed by atoms with van der Waals surface area (Å²) < 4.78 is 27.5. The highest BCUT2D eigenvalue weighted by Gasteiger charge is 1.95. The van der Waals surface area contributed by atoms with Gasteiger partial charge in [-0.15, -0.1) is 0 Å². The molecular formula is C7H6N2O2S2. The van der Waals surface area contributed by atoms with Crippen molar-refractivity contribution in [1.82, 2.24) is 0 Å². The van der Waals surface area contributed by atoms with Crippen LogP contribution in [0.2, 0.25) is 0 Å². The van der Waals surface area contributed by atoms with Gasteiger partial charge in [0, 0.05) is 0 Å². The van der Waals surface area contributed by atoms with Crippen LogP contribution in [0.1, 0.15) is 5.56 Å². The van der Waals surface area contributed by atoms with Gasteiger partial charge in [0.05, 0.1) is 11.4 Å². The topological polar surface area (TPSA) is 58.9 Å². The van der Waals surface area contributed by atoms with E-state index in [9.17, 15) is 8.42 Å². The van der Waals surface area contributed by atoms with Crippen molar-refractivity contribution in [2.24, 2.45) is 8.73 Å².